The number of fused-ring (bicyclic) bond motifs is 1. The minimum atomic E-state index is -1.01. The van der Waals surface area contributed by atoms with Crippen molar-refractivity contribution in [2.75, 3.05) is 0 Å². The quantitative estimate of drug-likeness (QED) is 0.277. The molecular formula is C28H20FN3O2. The number of carbonyl (C=O) groups is 1. The van der Waals surface area contributed by atoms with Gasteiger partial charge in [-0.2, -0.15) is 14.8 Å². The maximum atomic E-state index is 14.6. The average Bonchev–Trinajstić information content (AvgIpc) is 3.63. The van der Waals surface area contributed by atoms with Crippen LogP contribution in [0.3, 0.4) is 0 Å². The molecule has 0 aliphatic heterocycles. The van der Waals surface area contributed by atoms with E-state index in [2.05, 4.69) is 28.4 Å². The van der Waals surface area contributed by atoms with Crippen LogP contribution in [0.2, 0.25) is 0 Å². The summed E-state index contributed by atoms with van der Waals surface area (Å²) in [4.78, 5) is 10.9. The van der Waals surface area contributed by atoms with Gasteiger partial charge in [-0.05, 0) is 58.7 Å². The predicted molar refractivity (Wildman–Crippen MR) is 129 cm³/mol. The number of nitriles is 1. The van der Waals surface area contributed by atoms with Crippen molar-refractivity contribution in [1.82, 2.24) is 10.2 Å². The Kier molecular flexibility index (Phi) is 5.52. The fourth-order valence-corrected chi connectivity index (χ4v) is 4.36. The van der Waals surface area contributed by atoms with Gasteiger partial charge in [-0.15, -0.1) is 0 Å². The van der Waals surface area contributed by atoms with Gasteiger partial charge in [-0.1, -0.05) is 60.7 Å². The number of carboxylic acids is 1. The van der Waals surface area contributed by atoms with Crippen LogP contribution in [0.4, 0.5) is 4.39 Å². The van der Waals surface area contributed by atoms with Crippen LogP contribution in [-0.4, -0.2) is 21.3 Å². The zero-order valence-corrected chi connectivity index (χ0v) is 18.1. The van der Waals surface area contributed by atoms with E-state index in [1.807, 2.05) is 48.5 Å². The number of hydrogen-bond donors (Lipinski definition) is 2. The van der Waals surface area contributed by atoms with Crippen molar-refractivity contribution >= 4 is 34.1 Å². The number of nitrogens with one attached hydrogen (secondary N) is 1. The zero-order chi connectivity index (χ0) is 23.7. The van der Waals surface area contributed by atoms with E-state index < -0.39 is 11.9 Å². The summed E-state index contributed by atoms with van der Waals surface area (Å²) in [6.07, 6.45) is 4.70. The Morgan fingerprint density at radius 1 is 1.06 bits per heavy atom. The third-order valence-corrected chi connectivity index (χ3v) is 6.02. The Morgan fingerprint density at radius 3 is 2.44 bits per heavy atom. The Hall–Kier alpha value is -4.50. The lowest BCUT2D eigenvalue weighted by Crippen LogP contribution is -2.00. The van der Waals surface area contributed by atoms with Crippen molar-refractivity contribution in [1.29, 1.82) is 5.26 Å². The third kappa shape index (κ3) is 4.00. The first-order chi connectivity index (χ1) is 16.6. The molecule has 1 saturated carbocycles. The monoisotopic (exact) mass is 449 g/mol. The maximum Gasteiger partial charge on any atom is 0.328 e. The molecule has 1 heterocycles. The molecule has 0 atom stereocenters. The Bertz CT molecular complexity index is 1490. The van der Waals surface area contributed by atoms with Crippen molar-refractivity contribution in [3.63, 3.8) is 0 Å². The summed E-state index contributed by atoms with van der Waals surface area (Å²) in [5.41, 5.74) is 5.96. The fourth-order valence-electron chi connectivity index (χ4n) is 4.36. The third-order valence-electron chi connectivity index (χ3n) is 6.02. The van der Waals surface area contributed by atoms with E-state index in [4.69, 9.17) is 5.11 Å². The lowest BCUT2D eigenvalue weighted by Gasteiger charge is -2.18. The number of aromatic nitrogens is 2. The number of H-pyrrole nitrogens is 1. The van der Waals surface area contributed by atoms with Crippen molar-refractivity contribution in [2.45, 2.75) is 12.8 Å². The van der Waals surface area contributed by atoms with Crippen molar-refractivity contribution in [2.24, 2.45) is 5.92 Å². The summed E-state index contributed by atoms with van der Waals surface area (Å²) in [5.74, 6) is -1.31. The molecule has 0 radical (unpaired) electrons. The van der Waals surface area contributed by atoms with E-state index >= 15 is 0 Å². The zero-order valence-electron chi connectivity index (χ0n) is 18.1. The second-order valence-corrected chi connectivity index (χ2v) is 8.25. The molecule has 166 valence electrons. The van der Waals surface area contributed by atoms with Gasteiger partial charge in [0.15, 0.2) is 0 Å². The van der Waals surface area contributed by atoms with E-state index in [0.29, 0.717) is 17.0 Å². The van der Waals surface area contributed by atoms with Gasteiger partial charge in [0.25, 0.3) is 0 Å². The molecule has 1 aliphatic rings. The van der Waals surface area contributed by atoms with Gasteiger partial charge in [0.05, 0.1) is 16.5 Å². The summed E-state index contributed by atoms with van der Waals surface area (Å²) in [6, 6.07) is 23.3. The standard InChI is InChI=1S/C28H20FN3O2/c29-28-27-22(16-30)21(13-14-23(27)31-32-28)26(20-9-6-17(7-10-20)8-15-24(33)34)25(19-11-12-19)18-4-2-1-3-5-18/h1-10,13-15,19H,11-12H2,(H,31,32)(H,33,34)/b15-8+,26-25-. The van der Waals surface area contributed by atoms with Crippen LogP contribution < -0.4 is 0 Å². The predicted octanol–water partition coefficient (Wildman–Crippen LogP) is 6.04. The first-order valence-electron chi connectivity index (χ1n) is 10.9. The summed E-state index contributed by atoms with van der Waals surface area (Å²) in [7, 11) is 0. The van der Waals surface area contributed by atoms with Crippen LogP contribution in [0.25, 0.3) is 28.1 Å². The highest BCUT2D eigenvalue weighted by atomic mass is 19.1. The SMILES string of the molecule is N#Cc1c(/C(=C(/c2ccccc2)C2CC2)c2ccc(/C=C/C(=O)O)cc2)ccc2n[nH]c(F)c12. The van der Waals surface area contributed by atoms with Crippen LogP contribution in [0.1, 0.15) is 40.7 Å². The van der Waals surface area contributed by atoms with Gasteiger partial charge in [-0.3, -0.25) is 5.10 Å². The molecule has 3 aromatic carbocycles. The Morgan fingerprint density at radius 2 is 1.79 bits per heavy atom. The first-order valence-corrected chi connectivity index (χ1v) is 10.9. The van der Waals surface area contributed by atoms with Crippen LogP contribution in [0.5, 0.6) is 0 Å². The van der Waals surface area contributed by atoms with Gasteiger partial charge in [0, 0.05) is 11.6 Å². The number of aromatic amines is 1. The van der Waals surface area contributed by atoms with Crippen LogP contribution in [0, 0.1) is 23.2 Å². The lowest BCUT2D eigenvalue weighted by molar-refractivity contribution is -0.131. The molecule has 1 aliphatic carbocycles. The van der Waals surface area contributed by atoms with Crippen molar-refractivity contribution < 1.29 is 14.3 Å². The summed E-state index contributed by atoms with van der Waals surface area (Å²) >= 11 is 0. The average molecular weight is 449 g/mol. The number of halogens is 1. The topological polar surface area (TPSA) is 89.8 Å². The highest BCUT2D eigenvalue weighted by Crippen LogP contribution is 2.48. The molecule has 4 aromatic rings. The molecule has 0 spiro atoms. The summed E-state index contributed by atoms with van der Waals surface area (Å²) in [6.45, 7) is 0. The molecule has 0 saturated heterocycles. The number of allylic oxidation sites excluding steroid dienone is 1. The van der Waals surface area contributed by atoms with E-state index in [9.17, 15) is 14.4 Å². The molecule has 1 aromatic heterocycles. The Labute approximate surface area is 195 Å². The molecule has 1 fully saturated rings. The molecule has 34 heavy (non-hydrogen) atoms. The second-order valence-electron chi connectivity index (χ2n) is 8.25. The molecule has 2 N–H and O–H groups in total. The van der Waals surface area contributed by atoms with Crippen LogP contribution in [0.15, 0.2) is 72.8 Å². The smallest absolute Gasteiger partial charge is 0.328 e. The minimum absolute atomic E-state index is 0.182. The maximum absolute atomic E-state index is 14.6. The lowest BCUT2D eigenvalue weighted by atomic mass is 9.84. The van der Waals surface area contributed by atoms with Crippen molar-refractivity contribution in [3.8, 4) is 6.07 Å². The minimum Gasteiger partial charge on any atom is -0.478 e. The molecular weight excluding hydrogens is 429 g/mol. The number of hydrogen-bond acceptors (Lipinski definition) is 3. The van der Waals surface area contributed by atoms with E-state index in [1.165, 1.54) is 6.08 Å². The number of benzene rings is 3. The highest BCUT2D eigenvalue weighted by Gasteiger charge is 2.31. The highest BCUT2D eigenvalue weighted by molar-refractivity contribution is 6.04. The van der Waals surface area contributed by atoms with Gasteiger partial charge in [0.2, 0.25) is 5.95 Å². The number of aliphatic carboxylic acids is 1. The van der Waals surface area contributed by atoms with E-state index in [1.54, 1.807) is 6.07 Å². The molecule has 0 amide bonds. The van der Waals surface area contributed by atoms with Gasteiger partial charge in [-0.25, -0.2) is 4.79 Å². The number of carboxylic acid groups (broad SMARTS) is 1. The van der Waals surface area contributed by atoms with Gasteiger partial charge < -0.3 is 5.11 Å². The Balaban J connectivity index is 1.79. The van der Waals surface area contributed by atoms with Gasteiger partial charge >= 0.3 is 5.97 Å². The molecule has 5 nitrogen and oxygen atoms in total. The van der Waals surface area contributed by atoms with E-state index in [-0.39, 0.29) is 10.9 Å². The normalized spacial score (nSPS) is 14.2. The molecule has 6 heteroatoms. The van der Waals surface area contributed by atoms with Gasteiger partial charge in [0.1, 0.15) is 6.07 Å². The van der Waals surface area contributed by atoms with E-state index in [0.717, 1.165) is 46.8 Å². The number of rotatable bonds is 6. The second kappa shape index (κ2) is 8.80. The number of nitrogens with zero attached hydrogens (tertiary/aromatic N) is 2. The fraction of sp³-hybridized carbons (Fsp3) is 0.107. The summed E-state index contributed by atoms with van der Waals surface area (Å²) < 4.78 is 14.6. The largest absolute Gasteiger partial charge is 0.478 e. The molecule has 0 unspecified atom stereocenters. The first kappa shape index (κ1) is 21.4. The summed E-state index contributed by atoms with van der Waals surface area (Å²) in [5, 5.41) is 25.5. The molecule has 5 rings (SSSR count). The van der Waals surface area contributed by atoms with Crippen LogP contribution in [-0.2, 0) is 4.79 Å². The molecule has 0 bridgehead atoms. The van der Waals surface area contributed by atoms with Crippen molar-refractivity contribution in [3.05, 3.63) is 107 Å². The van der Waals surface area contributed by atoms with Crippen LogP contribution >= 0.6 is 0 Å².